The molecule has 122 valence electrons. The monoisotopic (exact) mass is 329 g/mol. The van der Waals surface area contributed by atoms with Crippen LogP contribution in [0.5, 0.6) is 0 Å². The summed E-state index contributed by atoms with van der Waals surface area (Å²) in [6, 6.07) is 4.51. The van der Waals surface area contributed by atoms with Crippen molar-refractivity contribution in [1.29, 1.82) is 0 Å². The molecular weight excluding hydrogens is 309 g/mol. The summed E-state index contributed by atoms with van der Waals surface area (Å²) in [5.41, 5.74) is 0.853. The molecule has 7 heteroatoms. The van der Waals surface area contributed by atoms with E-state index in [1.165, 1.54) is 6.07 Å². The zero-order valence-corrected chi connectivity index (χ0v) is 13.3. The first-order valence-electron chi connectivity index (χ1n) is 7.41. The number of benzene rings is 1. The number of carbonyl (C=O) groups is 1. The van der Waals surface area contributed by atoms with Crippen molar-refractivity contribution in [2.24, 2.45) is 0 Å². The number of hydrogen-bond donors (Lipinski definition) is 2. The zero-order chi connectivity index (χ0) is 16.1. The number of rotatable bonds is 5. The summed E-state index contributed by atoms with van der Waals surface area (Å²) in [4.78, 5) is 15.7. The molecule has 0 aromatic heterocycles. The number of halogens is 2. The van der Waals surface area contributed by atoms with Crippen LogP contribution in [0.4, 0.5) is 14.9 Å². The Morgan fingerprint density at radius 1 is 1.59 bits per heavy atom. The first kappa shape index (κ1) is 16.8. The molecule has 0 radical (unpaired) electrons. The lowest BCUT2D eigenvalue weighted by Gasteiger charge is -2.23. The van der Waals surface area contributed by atoms with Gasteiger partial charge in [-0.1, -0.05) is 11.6 Å². The highest BCUT2D eigenvalue weighted by atomic mass is 35.5. The van der Waals surface area contributed by atoms with E-state index < -0.39 is 5.82 Å². The van der Waals surface area contributed by atoms with Crippen molar-refractivity contribution in [2.45, 2.75) is 19.4 Å². The molecule has 0 saturated carbocycles. The predicted molar refractivity (Wildman–Crippen MR) is 84.9 cm³/mol. The summed E-state index contributed by atoms with van der Waals surface area (Å²) in [6.45, 7) is 4.13. The second kappa shape index (κ2) is 7.65. The van der Waals surface area contributed by atoms with Gasteiger partial charge in [-0.2, -0.15) is 0 Å². The van der Waals surface area contributed by atoms with Gasteiger partial charge in [-0.25, -0.2) is 9.18 Å². The Morgan fingerprint density at radius 3 is 3.00 bits per heavy atom. The van der Waals surface area contributed by atoms with Crippen LogP contribution in [-0.4, -0.2) is 54.9 Å². The number of likely N-dealkylation sites (N-methyl/N-ethyl adjacent to an activating group) is 1. The molecular formula is C15H21ClFN3O2. The number of amides is 2. The fourth-order valence-corrected chi connectivity index (χ4v) is 2.76. The van der Waals surface area contributed by atoms with Crippen LogP contribution < -0.4 is 10.2 Å². The Hall–Kier alpha value is -1.53. The van der Waals surface area contributed by atoms with Gasteiger partial charge in [0.15, 0.2) is 0 Å². The molecule has 1 atom stereocenters. The van der Waals surface area contributed by atoms with E-state index in [0.717, 1.165) is 18.7 Å². The standard InChI is InChI=1S/C15H21ClFN3O2/c1-2-19(7-8-21)15(22)18-11-5-6-20(10-11)12-3-4-14(17)13(16)9-12/h3-4,9,11,21H,2,5-8,10H2,1H3,(H,18,22). The fourth-order valence-electron chi connectivity index (χ4n) is 2.58. The molecule has 2 amide bonds. The third kappa shape index (κ3) is 4.01. The molecule has 1 unspecified atom stereocenters. The SMILES string of the molecule is CCN(CCO)C(=O)NC1CCN(c2ccc(F)c(Cl)c2)C1. The minimum atomic E-state index is -0.433. The number of carbonyl (C=O) groups excluding carboxylic acids is 1. The number of nitrogens with zero attached hydrogens (tertiary/aromatic N) is 2. The van der Waals surface area contributed by atoms with Crippen molar-refractivity contribution >= 4 is 23.3 Å². The Kier molecular flexibility index (Phi) is 5.85. The van der Waals surface area contributed by atoms with E-state index in [4.69, 9.17) is 16.7 Å². The lowest BCUT2D eigenvalue weighted by molar-refractivity contribution is 0.178. The van der Waals surface area contributed by atoms with Crippen LogP contribution in [0.3, 0.4) is 0 Å². The van der Waals surface area contributed by atoms with Gasteiger partial charge in [-0.05, 0) is 31.5 Å². The summed E-state index contributed by atoms with van der Waals surface area (Å²) in [5.74, 6) is -0.433. The van der Waals surface area contributed by atoms with Crippen molar-refractivity contribution in [3.63, 3.8) is 0 Å². The second-order valence-corrected chi connectivity index (χ2v) is 5.69. The van der Waals surface area contributed by atoms with Crippen LogP contribution in [0, 0.1) is 5.82 Å². The van der Waals surface area contributed by atoms with E-state index in [1.807, 2.05) is 6.92 Å². The maximum atomic E-state index is 13.2. The molecule has 2 rings (SSSR count). The largest absolute Gasteiger partial charge is 0.395 e. The first-order valence-corrected chi connectivity index (χ1v) is 7.79. The fraction of sp³-hybridized carbons (Fsp3) is 0.533. The third-order valence-corrected chi connectivity index (χ3v) is 4.11. The van der Waals surface area contributed by atoms with Gasteiger partial charge in [-0.3, -0.25) is 0 Å². The van der Waals surface area contributed by atoms with Gasteiger partial charge < -0.3 is 20.2 Å². The molecule has 1 aromatic rings. The Balaban J connectivity index is 1.92. The van der Waals surface area contributed by atoms with Gasteiger partial charge in [0.05, 0.1) is 11.6 Å². The average Bonchev–Trinajstić information content (AvgIpc) is 2.96. The topological polar surface area (TPSA) is 55.8 Å². The van der Waals surface area contributed by atoms with Gasteiger partial charge in [-0.15, -0.1) is 0 Å². The van der Waals surface area contributed by atoms with E-state index in [1.54, 1.807) is 17.0 Å². The minimum Gasteiger partial charge on any atom is -0.395 e. The Bertz CT molecular complexity index is 530. The number of aliphatic hydroxyl groups excluding tert-OH is 1. The zero-order valence-electron chi connectivity index (χ0n) is 12.6. The molecule has 0 spiro atoms. The van der Waals surface area contributed by atoms with E-state index >= 15 is 0 Å². The van der Waals surface area contributed by atoms with E-state index in [-0.39, 0.29) is 23.7 Å². The van der Waals surface area contributed by atoms with Crippen LogP contribution in [-0.2, 0) is 0 Å². The van der Waals surface area contributed by atoms with Gasteiger partial charge in [0.1, 0.15) is 5.82 Å². The minimum absolute atomic E-state index is 0.0315. The van der Waals surface area contributed by atoms with E-state index in [9.17, 15) is 9.18 Å². The van der Waals surface area contributed by atoms with Gasteiger partial charge >= 0.3 is 6.03 Å². The summed E-state index contributed by atoms with van der Waals surface area (Å²) >= 11 is 5.81. The van der Waals surface area contributed by atoms with E-state index in [0.29, 0.717) is 19.6 Å². The Labute approximate surface area is 134 Å². The van der Waals surface area contributed by atoms with Crippen LogP contribution in [0.2, 0.25) is 5.02 Å². The summed E-state index contributed by atoms with van der Waals surface area (Å²) in [5, 5.41) is 12.0. The van der Waals surface area contributed by atoms with Crippen molar-refractivity contribution in [2.75, 3.05) is 37.7 Å². The first-order chi connectivity index (χ1) is 10.5. The number of aliphatic hydroxyl groups is 1. The van der Waals surface area contributed by atoms with Crippen molar-refractivity contribution in [1.82, 2.24) is 10.2 Å². The number of hydrogen-bond acceptors (Lipinski definition) is 3. The normalized spacial score (nSPS) is 17.6. The molecule has 5 nitrogen and oxygen atoms in total. The van der Waals surface area contributed by atoms with E-state index in [2.05, 4.69) is 10.2 Å². The van der Waals surface area contributed by atoms with Crippen molar-refractivity contribution < 1.29 is 14.3 Å². The smallest absolute Gasteiger partial charge is 0.317 e. The van der Waals surface area contributed by atoms with Crippen molar-refractivity contribution in [3.05, 3.63) is 29.0 Å². The number of nitrogens with one attached hydrogen (secondary N) is 1. The quantitative estimate of drug-likeness (QED) is 0.869. The molecule has 1 aromatic carbocycles. The molecule has 0 aliphatic carbocycles. The maximum absolute atomic E-state index is 13.2. The molecule has 22 heavy (non-hydrogen) atoms. The molecule has 0 bridgehead atoms. The average molecular weight is 330 g/mol. The molecule has 1 fully saturated rings. The van der Waals surface area contributed by atoms with Crippen LogP contribution in [0.1, 0.15) is 13.3 Å². The van der Waals surface area contributed by atoms with Crippen molar-refractivity contribution in [3.8, 4) is 0 Å². The highest BCUT2D eigenvalue weighted by Gasteiger charge is 2.25. The van der Waals surface area contributed by atoms with Crippen LogP contribution in [0.25, 0.3) is 0 Å². The number of urea groups is 1. The Morgan fingerprint density at radius 2 is 2.36 bits per heavy atom. The molecule has 1 aliphatic heterocycles. The molecule has 1 aliphatic rings. The molecule has 2 N–H and O–H groups in total. The highest BCUT2D eigenvalue weighted by Crippen LogP contribution is 2.25. The molecule has 1 saturated heterocycles. The second-order valence-electron chi connectivity index (χ2n) is 5.28. The lowest BCUT2D eigenvalue weighted by Crippen LogP contribution is -2.46. The van der Waals surface area contributed by atoms with Gasteiger partial charge in [0, 0.05) is 37.9 Å². The van der Waals surface area contributed by atoms with Gasteiger partial charge in [0.25, 0.3) is 0 Å². The lowest BCUT2D eigenvalue weighted by atomic mass is 10.2. The van der Waals surface area contributed by atoms with Gasteiger partial charge in [0.2, 0.25) is 0 Å². The van der Waals surface area contributed by atoms with Crippen LogP contribution in [0.15, 0.2) is 18.2 Å². The summed E-state index contributed by atoms with van der Waals surface area (Å²) in [6.07, 6.45) is 0.817. The summed E-state index contributed by atoms with van der Waals surface area (Å²) < 4.78 is 13.2. The third-order valence-electron chi connectivity index (χ3n) is 3.82. The summed E-state index contributed by atoms with van der Waals surface area (Å²) in [7, 11) is 0. The predicted octanol–water partition coefficient (Wildman–Crippen LogP) is 2.08. The highest BCUT2D eigenvalue weighted by molar-refractivity contribution is 6.31. The number of anilines is 1. The molecule has 1 heterocycles. The van der Waals surface area contributed by atoms with Crippen LogP contribution >= 0.6 is 11.6 Å². The maximum Gasteiger partial charge on any atom is 0.317 e.